The largest absolute Gasteiger partial charge is 0.484 e. The summed E-state index contributed by atoms with van der Waals surface area (Å²) in [7, 11) is 0. The van der Waals surface area contributed by atoms with E-state index in [4.69, 9.17) is 16.3 Å². The molecule has 2 aromatic rings. The maximum Gasteiger partial charge on any atom is 0.260 e. The summed E-state index contributed by atoms with van der Waals surface area (Å²) in [5, 5.41) is 0.597. The molecule has 4 nitrogen and oxygen atoms in total. The molecule has 0 aliphatic carbocycles. The highest BCUT2D eigenvalue weighted by molar-refractivity contribution is 6.30. The van der Waals surface area contributed by atoms with E-state index >= 15 is 0 Å². The van der Waals surface area contributed by atoms with Crippen LogP contribution in [0.1, 0.15) is 41.6 Å². The molecule has 0 aromatic heterocycles. The maximum absolute atomic E-state index is 12.4. The number of likely N-dealkylation sites (tertiary alicyclic amines) is 1. The Morgan fingerprint density at radius 2 is 1.38 bits per heavy atom. The van der Waals surface area contributed by atoms with Crippen molar-refractivity contribution in [1.82, 2.24) is 4.90 Å². The highest BCUT2D eigenvalue weighted by atomic mass is 35.5. The summed E-state index contributed by atoms with van der Waals surface area (Å²) < 4.78 is 5.60. The first-order valence-corrected chi connectivity index (χ1v) is 9.32. The van der Waals surface area contributed by atoms with Crippen LogP contribution in [0.25, 0.3) is 0 Å². The van der Waals surface area contributed by atoms with Crippen molar-refractivity contribution in [3.8, 4) is 5.75 Å². The van der Waals surface area contributed by atoms with E-state index in [-0.39, 0.29) is 18.3 Å². The lowest BCUT2D eigenvalue weighted by Gasteiger charge is -2.20. The Kier molecular flexibility index (Phi) is 6.29. The summed E-state index contributed by atoms with van der Waals surface area (Å²) in [5.74, 6) is 0.530. The maximum atomic E-state index is 12.4. The Morgan fingerprint density at radius 3 is 1.96 bits per heavy atom. The average Bonchev–Trinajstić information content (AvgIpc) is 2.96. The van der Waals surface area contributed by atoms with Crippen LogP contribution in [0.15, 0.2) is 48.5 Å². The second-order valence-electron chi connectivity index (χ2n) is 6.44. The zero-order chi connectivity index (χ0) is 18.4. The zero-order valence-electron chi connectivity index (χ0n) is 14.6. The van der Waals surface area contributed by atoms with E-state index in [1.807, 2.05) is 4.90 Å². The number of halogens is 1. The predicted molar refractivity (Wildman–Crippen MR) is 102 cm³/mol. The summed E-state index contributed by atoms with van der Waals surface area (Å²) >= 11 is 5.85. The SMILES string of the molecule is O=C(c1ccc(Cl)cc1)c1ccc(OCC(=O)N2CCCCCC2)cc1. The number of rotatable bonds is 5. The molecule has 2 aromatic carbocycles. The molecule has 1 aliphatic rings. The van der Waals surface area contributed by atoms with Gasteiger partial charge in [-0.2, -0.15) is 0 Å². The van der Waals surface area contributed by atoms with Crippen molar-refractivity contribution < 1.29 is 14.3 Å². The first kappa shape index (κ1) is 18.5. The van der Waals surface area contributed by atoms with Gasteiger partial charge in [-0.05, 0) is 61.4 Å². The molecule has 1 aliphatic heterocycles. The molecule has 0 unspecified atom stereocenters. The van der Waals surface area contributed by atoms with Gasteiger partial charge in [0.1, 0.15) is 5.75 Å². The van der Waals surface area contributed by atoms with E-state index < -0.39 is 0 Å². The Labute approximate surface area is 158 Å². The van der Waals surface area contributed by atoms with Crippen LogP contribution in [-0.4, -0.2) is 36.3 Å². The van der Waals surface area contributed by atoms with Gasteiger partial charge in [-0.3, -0.25) is 9.59 Å². The Bertz CT molecular complexity index is 748. The van der Waals surface area contributed by atoms with Gasteiger partial charge >= 0.3 is 0 Å². The van der Waals surface area contributed by atoms with Crippen LogP contribution in [-0.2, 0) is 4.79 Å². The number of benzene rings is 2. The number of ketones is 1. The van der Waals surface area contributed by atoms with Crippen molar-refractivity contribution in [3.63, 3.8) is 0 Å². The molecule has 5 heteroatoms. The van der Waals surface area contributed by atoms with Gasteiger partial charge in [0.2, 0.25) is 0 Å². The standard InChI is InChI=1S/C21H22ClNO3/c22-18-9-5-16(6-10-18)21(25)17-7-11-19(12-8-17)26-15-20(24)23-13-3-1-2-4-14-23/h5-12H,1-4,13-15H2. The molecule has 0 saturated carbocycles. The fourth-order valence-corrected chi connectivity index (χ4v) is 3.15. The quantitative estimate of drug-likeness (QED) is 0.734. The monoisotopic (exact) mass is 371 g/mol. The van der Waals surface area contributed by atoms with Crippen LogP contribution in [0.4, 0.5) is 0 Å². The van der Waals surface area contributed by atoms with Crippen LogP contribution < -0.4 is 4.74 Å². The van der Waals surface area contributed by atoms with E-state index in [9.17, 15) is 9.59 Å². The molecule has 136 valence electrons. The van der Waals surface area contributed by atoms with Gasteiger partial charge in [-0.25, -0.2) is 0 Å². The molecule has 1 heterocycles. The molecular formula is C21H22ClNO3. The van der Waals surface area contributed by atoms with Crippen molar-refractivity contribution in [2.45, 2.75) is 25.7 Å². The number of ether oxygens (including phenoxy) is 1. The van der Waals surface area contributed by atoms with E-state index in [0.29, 0.717) is 21.9 Å². The van der Waals surface area contributed by atoms with Crippen LogP contribution >= 0.6 is 11.6 Å². The number of hydrogen-bond acceptors (Lipinski definition) is 3. The van der Waals surface area contributed by atoms with Crippen LogP contribution in [0.3, 0.4) is 0 Å². The smallest absolute Gasteiger partial charge is 0.260 e. The van der Waals surface area contributed by atoms with Gasteiger partial charge in [-0.15, -0.1) is 0 Å². The van der Waals surface area contributed by atoms with E-state index in [2.05, 4.69) is 0 Å². The van der Waals surface area contributed by atoms with Crippen molar-refractivity contribution >= 4 is 23.3 Å². The Balaban J connectivity index is 1.56. The third-order valence-corrected chi connectivity index (χ3v) is 4.80. The van der Waals surface area contributed by atoms with Gasteiger partial charge in [0.25, 0.3) is 5.91 Å². The van der Waals surface area contributed by atoms with Gasteiger partial charge in [-0.1, -0.05) is 24.4 Å². The Morgan fingerprint density at radius 1 is 0.846 bits per heavy atom. The first-order valence-electron chi connectivity index (χ1n) is 8.94. The molecule has 0 bridgehead atoms. The van der Waals surface area contributed by atoms with Gasteiger partial charge in [0, 0.05) is 29.2 Å². The van der Waals surface area contributed by atoms with Gasteiger partial charge in [0.05, 0.1) is 0 Å². The van der Waals surface area contributed by atoms with Gasteiger partial charge < -0.3 is 9.64 Å². The second kappa shape index (κ2) is 8.86. The van der Waals surface area contributed by atoms with E-state index in [0.717, 1.165) is 25.9 Å². The van der Waals surface area contributed by atoms with Gasteiger partial charge in [0.15, 0.2) is 12.4 Å². The molecule has 1 amide bonds. The third kappa shape index (κ3) is 4.85. The molecule has 3 rings (SSSR count). The van der Waals surface area contributed by atoms with E-state index in [1.54, 1.807) is 48.5 Å². The lowest BCUT2D eigenvalue weighted by Crippen LogP contribution is -2.35. The molecular weight excluding hydrogens is 350 g/mol. The highest BCUT2D eigenvalue weighted by Crippen LogP contribution is 2.17. The molecule has 26 heavy (non-hydrogen) atoms. The molecule has 0 atom stereocenters. The third-order valence-electron chi connectivity index (χ3n) is 4.54. The summed E-state index contributed by atoms with van der Waals surface area (Å²) in [6.45, 7) is 1.66. The summed E-state index contributed by atoms with van der Waals surface area (Å²) in [6.07, 6.45) is 4.50. The normalized spacial score (nSPS) is 14.6. The number of carbonyl (C=O) groups excluding carboxylic acids is 2. The highest BCUT2D eigenvalue weighted by Gasteiger charge is 2.16. The fourth-order valence-electron chi connectivity index (χ4n) is 3.03. The first-order chi connectivity index (χ1) is 12.6. The van der Waals surface area contributed by atoms with Crippen molar-refractivity contribution in [2.24, 2.45) is 0 Å². The average molecular weight is 372 g/mol. The number of amides is 1. The second-order valence-corrected chi connectivity index (χ2v) is 6.88. The minimum Gasteiger partial charge on any atom is -0.484 e. The van der Waals surface area contributed by atoms with Crippen molar-refractivity contribution in [3.05, 3.63) is 64.7 Å². The summed E-state index contributed by atoms with van der Waals surface area (Å²) in [6, 6.07) is 13.7. The van der Waals surface area contributed by atoms with Crippen molar-refractivity contribution in [1.29, 1.82) is 0 Å². The minimum atomic E-state index is -0.0751. The summed E-state index contributed by atoms with van der Waals surface area (Å²) in [4.78, 5) is 26.6. The van der Waals surface area contributed by atoms with Crippen LogP contribution in [0, 0.1) is 0 Å². The molecule has 1 fully saturated rings. The fraction of sp³-hybridized carbons (Fsp3) is 0.333. The minimum absolute atomic E-state index is 0.0215. The molecule has 0 radical (unpaired) electrons. The number of carbonyl (C=O) groups is 2. The number of hydrogen-bond donors (Lipinski definition) is 0. The molecule has 1 saturated heterocycles. The summed E-state index contributed by atoms with van der Waals surface area (Å²) in [5.41, 5.74) is 1.15. The molecule has 0 spiro atoms. The lowest BCUT2D eigenvalue weighted by molar-refractivity contribution is -0.133. The predicted octanol–water partition coefficient (Wildman–Crippen LogP) is 4.35. The van der Waals surface area contributed by atoms with Crippen molar-refractivity contribution in [2.75, 3.05) is 19.7 Å². The Hall–Kier alpha value is -2.33. The zero-order valence-corrected chi connectivity index (χ0v) is 15.4. The topological polar surface area (TPSA) is 46.6 Å². The molecule has 0 N–H and O–H groups in total. The van der Waals surface area contributed by atoms with Crippen LogP contribution in [0.2, 0.25) is 5.02 Å². The van der Waals surface area contributed by atoms with Crippen LogP contribution in [0.5, 0.6) is 5.75 Å². The van der Waals surface area contributed by atoms with E-state index in [1.165, 1.54) is 12.8 Å². The lowest BCUT2D eigenvalue weighted by atomic mass is 10.0. The number of nitrogens with zero attached hydrogens (tertiary/aromatic N) is 1.